The molecule has 1 aromatic heterocycles. The van der Waals surface area contributed by atoms with E-state index in [1.165, 1.54) is 19.3 Å². The topological polar surface area (TPSA) is 75.6 Å². The summed E-state index contributed by atoms with van der Waals surface area (Å²) < 4.78 is 31.5. The van der Waals surface area contributed by atoms with Crippen LogP contribution in [0.2, 0.25) is 5.02 Å². The van der Waals surface area contributed by atoms with Crippen LogP contribution in [-0.2, 0) is 14.8 Å². The Bertz CT molecular complexity index is 807. The number of rotatable bonds is 9. The van der Waals surface area contributed by atoms with Gasteiger partial charge in [0, 0.05) is 39.4 Å². The summed E-state index contributed by atoms with van der Waals surface area (Å²) in [5.41, 5.74) is 0. The average Bonchev–Trinajstić information content (AvgIpc) is 3.57. The molecule has 7 nitrogen and oxygen atoms in total. The van der Waals surface area contributed by atoms with E-state index in [1.807, 2.05) is 0 Å². The largest absolute Gasteiger partial charge is 0.381 e. The first kappa shape index (κ1) is 23.2. The summed E-state index contributed by atoms with van der Waals surface area (Å²) in [7, 11) is -3.03. The Morgan fingerprint density at radius 2 is 1.77 bits per heavy atom. The lowest BCUT2D eigenvalue weighted by atomic mass is 9.90. The second-order valence-electron chi connectivity index (χ2n) is 9.29. The number of anilines is 1. The number of hydrogen-bond donors (Lipinski definition) is 0. The second kappa shape index (κ2) is 10.3. The smallest absolute Gasteiger partial charge is 0.225 e. The van der Waals surface area contributed by atoms with Crippen molar-refractivity contribution in [1.82, 2.24) is 14.3 Å². The van der Waals surface area contributed by atoms with E-state index in [4.69, 9.17) is 16.3 Å². The molecule has 3 heterocycles. The van der Waals surface area contributed by atoms with Gasteiger partial charge in [-0.05, 0) is 69.1 Å². The molecule has 31 heavy (non-hydrogen) atoms. The molecule has 2 unspecified atom stereocenters. The Morgan fingerprint density at radius 1 is 1.10 bits per heavy atom. The minimum atomic E-state index is -3.03. The van der Waals surface area contributed by atoms with E-state index < -0.39 is 10.0 Å². The highest BCUT2D eigenvalue weighted by Crippen LogP contribution is 2.49. The van der Waals surface area contributed by atoms with Gasteiger partial charge in [0.2, 0.25) is 16.0 Å². The quantitative estimate of drug-likeness (QED) is 0.514. The molecular weight excluding hydrogens is 436 g/mol. The molecule has 9 heteroatoms. The second-order valence-corrected chi connectivity index (χ2v) is 12.0. The third-order valence-corrected chi connectivity index (χ3v) is 9.41. The van der Waals surface area contributed by atoms with Crippen LogP contribution in [0.3, 0.4) is 0 Å². The monoisotopic (exact) mass is 470 g/mol. The fourth-order valence-electron chi connectivity index (χ4n) is 5.20. The lowest BCUT2D eigenvalue weighted by Crippen LogP contribution is -2.40. The Morgan fingerprint density at radius 3 is 2.42 bits per heavy atom. The van der Waals surface area contributed by atoms with Gasteiger partial charge in [-0.15, -0.1) is 0 Å². The summed E-state index contributed by atoms with van der Waals surface area (Å²) >= 11 is 5.89. The fourth-order valence-corrected chi connectivity index (χ4v) is 6.43. The fraction of sp³-hybridized carbons (Fsp3) is 0.818. The molecule has 0 bridgehead atoms. The molecule has 0 spiro atoms. The van der Waals surface area contributed by atoms with Gasteiger partial charge in [-0.1, -0.05) is 11.6 Å². The normalized spacial score (nSPS) is 26.3. The lowest BCUT2D eigenvalue weighted by molar-refractivity contribution is 0.0745. The Labute approximate surface area is 191 Å². The molecule has 3 fully saturated rings. The minimum Gasteiger partial charge on any atom is -0.381 e. The van der Waals surface area contributed by atoms with Crippen LogP contribution in [0.4, 0.5) is 5.95 Å². The standard InChI is InChI=1S/C22H35ClN4O3S/c1-2-31(28,29)27-10-3-17(4-11-27)16-30-12-7-19-13-21(19)18-5-8-26(9-6-18)22-24-14-20(23)15-25-22/h14-15,17-19,21H,2-13,16H2,1H3. The molecule has 0 N–H and O–H groups in total. The summed E-state index contributed by atoms with van der Waals surface area (Å²) in [6.07, 6.45) is 10.1. The summed E-state index contributed by atoms with van der Waals surface area (Å²) in [6, 6.07) is 0. The summed E-state index contributed by atoms with van der Waals surface area (Å²) in [4.78, 5) is 11.0. The predicted octanol–water partition coefficient (Wildman–Crippen LogP) is 3.45. The lowest BCUT2D eigenvalue weighted by Gasteiger charge is -2.32. The van der Waals surface area contributed by atoms with Crippen LogP contribution in [0.25, 0.3) is 0 Å². The van der Waals surface area contributed by atoms with Crippen LogP contribution in [-0.4, -0.2) is 67.8 Å². The highest BCUT2D eigenvalue weighted by atomic mass is 35.5. The molecule has 2 saturated heterocycles. The maximum absolute atomic E-state index is 11.9. The number of sulfonamides is 1. The predicted molar refractivity (Wildman–Crippen MR) is 123 cm³/mol. The first-order valence-electron chi connectivity index (χ1n) is 11.7. The van der Waals surface area contributed by atoms with Crippen molar-refractivity contribution in [2.24, 2.45) is 23.7 Å². The molecule has 4 rings (SSSR count). The average molecular weight is 471 g/mol. The number of ether oxygens (including phenoxy) is 1. The van der Waals surface area contributed by atoms with Gasteiger partial charge in [-0.25, -0.2) is 22.7 Å². The SMILES string of the molecule is CCS(=O)(=O)N1CCC(COCCC2CC2C2CCN(c3ncc(Cl)cn3)CC2)CC1. The van der Waals surface area contributed by atoms with E-state index in [1.54, 1.807) is 23.6 Å². The number of nitrogens with zero attached hydrogens (tertiary/aromatic N) is 4. The number of hydrogen-bond acceptors (Lipinski definition) is 6. The molecule has 0 amide bonds. The third-order valence-electron chi connectivity index (χ3n) is 7.33. The van der Waals surface area contributed by atoms with E-state index in [0.29, 0.717) is 24.0 Å². The zero-order valence-corrected chi connectivity index (χ0v) is 20.0. The van der Waals surface area contributed by atoms with Crippen LogP contribution in [0, 0.1) is 23.7 Å². The van der Waals surface area contributed by atoms with Crippen molar-refractivity contribution < 1.29 is 13.2 Å². The maximum atomic E-state index is 11.9. The summed E-state index contributed by atoms with van der Waals surface area (Å²) in [5, 5.41) is 0.580. The van der Waals surface area contributed by atoms with Gasteiger partial charge in [0.25, 0.3) is 0 Å². The van der Waals surface area contributed by atoms with Crippen LogP contribution >= 0.6 is 11.6 Å². The molecule has 1 saturated carbocycles. The van der Waals surface area contributed by atoms with Crippen molar-refractivity contribution in [3.05, 3.63) is 17.4 Å². The molecule has 3 aliphatic rings. The van der Waals surface area contributed by atoms with Gasteiger partial charge in [-0.2, -0.15) is 0 Å². The first-order chi connectivity index (χ1) is 15.0. The van der Waals surface area contributed by atoms with Gasteiger partial charge in [0.15, 0.2) is 0 Å². The molecule has 2 atom stereocenters. The maximum Gasteiger partial charge on any atom is 0.225 e. The molecule has 0 aromatic carbocycles. The molecule has 2 aliphatic heterocycles. The zero-order valence-electron chi connectivity index (χ0n) is 18.5. The van der Waals surface area contributed by atoms with Gasteiger partial charge in [-0.3, -0.25) is 0 Å². The molecule has 0 radical (unpaired) electrons. The van der Waals surface area contributed by atoms with Gasteiger partial charge >= 0.3 is 0 Å². The number of halogens is 1. The van der Waals surface area contributed by atoms with Crippen LogP contribution in [0.15, 0.2) is 12.4 Å². The van der Waals surface area contributed by atoms with Crippen molar-refractivity contribution in [1.29, 1.82) is 0 Å². The Balaban J connectivity index is 1.08. The number of piperidine rings is 2. The van der Waals surface area contributed by atoms with Gasteiger partial charge < -0.3 is 9.64 Å². The minimum absolute atomic E-state index is 0.199. The van der Waals surface area contributed by atoms with Crippen LogP contribution in [0.1, 0.15) is 45.4 Å². The molecular formula is C22H35ClN4O3S. The zero-order chi connectivity index (χ0) is 21.8. The first-order valence-corrected chi connectivity index (χ1v) is 13.7. The van der Waals surface area contributed by atoms with Crippen LogP contribution < -0.4 is 4.90 Å². The highest BCUT2D eigenvalue weighted by Gasteiger charge is 2.43. The van der Waals surface area contributed by atoms with Crippen molar-refractivity contribution >= 4 is 27.6 Å². The van der Waals surface area contributed by atoms with E-state index in [0.717, 1.165) is 69.3 Å². The molecule has 174 valence electrons. The highest BCUT2D eigenvalue weighted by molar-refractivity contribution is 7.89. The van der Waals surface area contributed by atoms with Crippen molar-refractivity contribution in [3.63, 3.8) is 0 Å². The van der Waals surface area contributed by atoms with E-state index >= 15 is 0 Å². The van der Waals surface area contributed by atoms with E-state index in [9.17, 15) is 8.42 Å². The summed E-state index contributed by atoms with van der Waals surface area (Å²) in [5.74, 6) is 3.99. The van der Waals surface area contributed by atoms with Gasteiger partial charge in [0.05, 0.1) is 23.2 Å². The van der Waals surface area contributed by atoms with E-state index in [2.05, 4.69) is 14.9 Å². The third kappa shape index (κ3) is 6.09. The van der Waals surface area contributed by atoms with Crippen molar-refractivity contribution in [2.75, 3.05) is 50.0 Å². The van der Waals surface area contributed by atoms with Crippen LogP contribution in [0.5, 0.6) is 0 Å². The molecule has 1 aliphatic carbocycles. The Kier molecular flexibility index (Phi) is 7.72. The van der Waals surface area contributed by atoms with Crippen molar-refractivity contribution in [2.45, 2.75) is 45.4 Å². The number of aromatic nitrogens is 2. The van der Waals surface area contributed by atoms with Gasteiger partial charge in [0.1, 0.15) is 0 Å². The van der Waals surface area contributed by atoms with Crippen molar-refractivity contribution in [3.8, 4) is 0 Å². The molecule has 1 aromatic rings. The van der Waals surface area contributed by atoms with E-state index in [-0.39, 0.29) is 5.75 Å². The summed E-state index contributed by atoms with van der Waals surface area (Å²) in [6.45, 7) is 6.68. The Hall–Kier alpha value is -0.960.